The highest BCUT2D eigenvalue weighted by Gasteiger charge is 2.51. The van der Waals surface area contributed by atoms with E-state index in [4.69, 9.17) is 4.74 Å². The van der Waals surface area contributed by atoms with E-state index in [1.807, 2.05) is 0 Å². The fourth-order valence-electron chi connectivity index (χ4n) is 3.96. The molecule has 0 atom stereocenters. The van der Waals surface area contributed by atoms with Gasteiger partial charge in [-0.15, -0.1) is 0 Å². The molecule has 1 aromatic carbocycles. The zero-order chi connectivity index (χ0) is 15.7. The van der Waals surface area contributed by atoms with Crippen LogP contribution in [0.1, 0.15) is 45.1 Å². The van der Waals surface area contributed by atoms with E-state index in [0.717, 1.165) is 5.75 Å². The van der Waals surface area contributed by atoms with Crippen LogP contribution in [0.5, 0.6) is 5.75 Å². The van der Waals surface area contributed by atoms with Crippen LogP contribution in [0, 0.1) is 5.41 Å². The molecule has 0 aliphatic carbocycles. The number of unbranched alkanes of at least 4 members (excludes halogenated alkanes) is 1. The van der Waals surface area contributed by atoms with E-state index >= 15 is 0 Å². The molecule has 0 bridgehead atoms. The molecule has 1 aromatic rings. The molecular weight excluding hydrogens is 272 g/mol. The smallest absolute Gasteiger partial charge is 0.124 e. The topological polar surface area (TPSA) is 15.7 Å². The van der Waals surface area contributed by atoms with E-state index in [1.54, 1.807) is 7.11 Å². The third-order valence-electron chi connectivity index (χ3n) is 5.20. The number of benzene rings is 1. The molecule has 0 amide bonds. The maximum atomic E-state index is 5.58. The Morgan fingerprint density at radius 3 is 2.50 bits per heavy atom. The van der Waals surface area contributed by atoms with Crippen LogP contribution in [-0.4, -0.2) is 44.7 Å². The predicted molar refractivity (Wildman–Crippen MR) is 93.1 cm³/mol. The molecule has 2 saturated heterocycles. The van der Waals surface area contributed by atoms with Gasteiger partial charge in [0.15, 0.2) is 0 Å². The van der Waals surface area contributed by atoms with E-state index in [0.29, 0.717) is 11.3 Å². The Morgan fingerprint density at radius 1 is 1.18 bits per heavy atom. The molecule has 2 aliphatic rings. The molecular formula is C19H30N2O. The Kier molecular flexibility index (Phi) is 4.35. The molecule has 0 aromatic heterocycles. The average molecular weight is 302 g/mol. The number of methoxy groups -OCH3 is 1. The molecule has 0 unspecified atom stereocenters. The van der Waals surface area contributed by atoms with Crippen LogP contribution in [0.4, 0.5) is 5.69 Å². The monoisotopic (exact) mass is 302 g/mol. The first-order chi connectivity index (χ1) is 10.6. The van der Waals surface area contributed by atoms with Crippen molar-refractivity contribution < 1.29 is 4.74 Å². The Bertz CT molecular complexity index is 512. The highest BCUT2D eigenvalue weighted by molar-refractivity contribution is 5.57. The fraction of sp³-hybridized carbons (Fsp3) is 0.684. The van der Waals surface area contributed by atoms with Gasteiger partial charge in [0.1, 0.15) is 5.75 Å². The number of likely N-dealkylation sites (tertiary alicyclic amines) is 1. The van der Waals surface area contributed by atoms with Crippen LogP contribution in [-0.2, 0) is 0 Å². The summed E-state index contributed by atoms with van der Waals surface area (Å²) in [4.78, 5) is 5.12. The molecule has 22 heavy (non-hydrogen) atoms. The van der Waals surface area contributed by atoms with Gasteiger partial charge in [-0.3, -0.25) is 0 Å². The summed E-state index contributed by atoms with van der Waals surface area (Å²) in [5.41, 5.74) is 3.20. The SMILES string of the molecule is CCCCN1CC2(C1)CN(c1ccc(C(C)C)c(OC)c1)C2. The number of hydrogen-bond donors (Lipinski definition) is 0. The van der Waals surface area contributed by atoms with Gasteiger partial charge >= 0.3 is 0 Å². The fourth-order valence-corrected chi connectivity index (χ4v) is 3.96. The lowest BCUT2D eigenvalue weighted by atomic mass is 9.72. The van der Waals surface area contributed by atoms with Gasteiger partial charge in [0.25, 0.3) is 0 Å². The molecule has 0 radical (unpaired) electrons. The van der Waals surface area contributed by atoms with Gasteiger partial charge < -0.3 is 14.5 Å². The first-order valence-corrected chi connectivity index (χ1v) is 8.72. The van der Waals surface area contributed by atoms with Crippen molar-refractivity contribution in [2.24, 2.45) is 5.41 Å². The van der Waals surface area contributed by atoms with E-state index in [9.17, 15) is 0 Å². The molecule has 1 spiro atoms. The summed E-state index contributed by atoms with van der Waals surface area (Å²) in [6, 6.07) is 6.71. The van der Waals surface area contributed by atoms with Crippen molar-refractivity contribution >= 4 is 5.69 Å². The molecule has 122 valence electrons. The third kappa shape index (κ3) is 2.83. The van der Waals surface area contributed by atoms with Gasteiger partial charge in [-0.2, -0.15) is 0 Å². The molecule has 2 aliphatic heterocycles. The molecule has 0 saturated carbocycles. The van der Waals surface area contributed by atoms with Gasteiger partial charge in [-0.25, -0.2) is 0 Å². The summed E-state index contributed by atoms with van der Waals surface area (Å²) < 4.78 is 5.58. The van der Waals surface area contributed by atoms with Crippen molar-refractivity contribution in [3.8, 4) is 5.75 Å². The number of ether oxygens (including phenoxy) is 1. The largest absolute Gasteiger partial charge is 0.496 e. The maximum Gasteiger partial charge on any atom is 0.124 e. The highest BCUT2D eigenvalue weighted by Crippen LogP contribution is 2.43. The van der Waals surface area contributed by atoms with Crippen molar-refractivity contribution in [2.75, 3.05) is 44.7 Å². The lowest BCUT2D eigenvalue weighted by Gasteiger charge is -2.61. The van der Waals surface area contributed by atoms with Crippen molar-refractivity contribution in [3.05, 3.63) is 23.8 Å². The summed E-state index contributed by atoms with van der Waals surface area (Å²) in [6.45, 7) is 13.0. The van der Waals surface area contributed by atoms with Gasteiger partial charge in [-0.05, 0) is 30.5 Å². The minimum atomic E-state index is 0.505. The molecule has 0 N–H and O–H groups in total. The first kappa shape index (κ1) is 15.7. The minimum Gasteiger partial charge on any atom is -0.496 e. The minimum absolute atomic E-state index is 0.505. The standard InChI is InChI=1S/C19H30N2O/c1-5-6-9-20-11-19(12-20)13-21(14-19)16-7-8-17(15(2)3)18(10-16)22-4/h7-8,10,15H,5-6,9,11-14H2,1-4H3. The Hall–Kier alpha value is -1.22. The van der Waals surface area contributed by atoms with Gasteiger partial charge in [0.05, 0.1) is 7.11 Å². The second-order valence-corrected chi connectivity index (χ2v) is 7.50. The van der Waals surface area contributed by atoms with Gasteiger partial charge in [0, 0.05) is 43.3 Å². The Balaban J connectivity index is 1.57. The van der Waals surface area contributed by atoms with Gasteiger partial charge in [0.2, 0.25) is 0 Å². The highest BCUT2D eigenvalue weighted by atomic mass is 16.5. The lowest BCUT2D eigenvalue weighted by Crippen LogP contribution is -2.72. The van der Waals surface area contributed by atoms with E-state index < -0.39 is 0 Å². The second kappa shape index (κ2) is 6.11. The zero-order valence-corrected chi connectivity index (χ0v) is 14.6. The Labute approximate surface area is 135 Å². The summed E-state index contributed by atoms with van der Waals surface area (Å²) in [5, 5.41) is 0. The summed E-state index contributed by atoms with van der Waals surface area (Å²) >= 11 is 0. The van der Waals surface area contributed by atoms with Crippen molar-refractivity contribution in [1.29, 1.82) is 0 Å². The average Bonchev–Trinajstić information content (AvgIpc) is 2.43. The maximum absolute atomic E-state index is 5.58. The van der Waals surface area contributed by atoms with Crippen LogP contribution in [0.15, 0.2) is 18.2 Å². The quantitative estimate of drug-likeness (QED) is 0.796. The van der Waals surface area contributed by atoms with Crippen LogP contribution in [0.2, 0.25) is 0 Å². The van der Waals surface area contributed by atoms with Crippen molar-refractivity contribution in [1.82, 2.24) is 4.90 Å². The summed E-state index contributed by atoms with van der Waals surface area (Å²) in [5.74, 6) is 1.54. The normalized spacial score (nSPS) is 20.1. The van der Waals surface area contributed by atoms with Gasteiger partial charge in [-0.1, -0.05) is 33.3 Å². The van der Waals surface area contributed by atoms with Crippen molar-refractivity contribution in [2.45, 2.75) is 39.5 Å². The number of hydrogen-bond acceptors (Lipinski definition) is 3. The number of nitrogens with zero attached hydrogens (tertiary/aromatic N) is 2. The number of rotatable bonds is 6. The lowest BCUT2D eigenvalue weighted by molar-refractivity contribution is -0.0220. The van der Waals surface area contributed by atoms with Crippen LogP contribution in [0.3, 0.4) is 0 Å². The van der Waals surface area contributed by atoms with E-state index in [-0.39, 0.29) is 0 Å². The van der Waals surface area contributed by atoms with Crippen LogP contribution in [0.25, 0.3) is 0 Å². The number of anilines is 1. The van der Waals surface area contributed by atoms with E-state index in [2.05, 4.69) is 48.8 Å². The molecule has 2 fully saturated rings. The third-order valence-corrected chi connectivity index (χ3v) is 5.20. The first-order valence-electron chi connectivity index (χ1n) is 8.72. The summed E-state index contributed by atoms with van der Waals surface area (Å²) in [7, 11) is 1.78. The van der Waals surface area contributed by atoms with Crippen LogP contribution < -0.4 is 9.64 Å². The Morgan fingerprint density at radius 2 is 1.91 bits per heavy atom. The summed E-state index contributed by atoms with van der Waals surface area (Å²) in [6.07, 6.45) is 2.64. The van der Waals surface area contributed by atoms with E-state index in [1.165, 1.54) is 56.8 Å². The van der Waals surface area contributed by atoms with Crippen molar-refractivity contribution in [3.63, 3.8) is 0 Å². The second-order valence-electron chi connectivity index (χ2n) is 7.50. The molecule has 3 rings (SSSR count). The molecule has 3 heteroatoms. The predicted octanol–water partition coefficient (Wildman–Crippen LogP) is 3.74. The molecule has 2 heterocycles. The molecule has 3 nitrogen and oxygen atoms in total. The zero-order valence-electron chi connectivity index (χ0n) is 14.6. The van der Waals surface area contributed by atoms with Crippen LogP contribution >= 0.6 is 0 Å².